The van der Waals surface area contributed by atoms with Crippen molar-refractivity contribution in [3.05, 3.63) is 49.5 Å². The molecule has 1 aromatic carbocycles. The van der Waals surface area contributed by atoms with Gasteiger partial charge in [0.15, 0.2) is 0 Å². The van der Waals surface area contributed by atoms with Gasteiger partial charge in [0.25, 0.3) is 0 Å². The molecule has 0 unspecified atom stereocenters. The summed E-state index contributed by atoms with van der Waals surface area (Å²) in [5.74, 6) is -0.828. The minimum Gasteiger partial charge on any atom is -0.508 e. The number of rotatable bonds is 7. The molecule has 0 atom stereocenters. The first-order valence-electron chi connectivity index (χ1n) is 7.55. The van der Waals surface area contributed by atoms with Gasteiger partial charge in [-0.1, -0.05) is 35.1 Å². The van der Waals surface area contributed by atoms with Gasteiger partial charge < -0.3 is 9.84 Å². The summed E-state index contributed by atoms with van der Waals surface area (Å²) in [4.78, 5) is 35.1. The summed E-state index contributed by atoms with van der Waals surface area (Å²) >= 11 is 6.87. The SMILES string of the molecule is CCOC(=O)Cn1c(Cl)c(C=NNC(=O)Cc2ccc(O)cc2)sc1=O. The molecular formula is C16H16ClN3O5S. The summed E-state index contributed by atoms with van der Waals surface area (Å²) in [6.07, 6.45) is 1.32. The van der Waals surface area contributed by atoms with Crippen LogP contribution in [-0.4, -0.2) is 34.4 Å². The number of nitrogens with zero attached hydrogens (tertiary/aromatic N) is 2. The molecule has 1 heterocycles. The Bertz CT molecular complexity index is 873. The molecule has 10 heteroatoms. The number of carbonyl (C=O) groups is 2. The summed E-state index contributed by atoms with van der Waals surface area (Å²) in [7, 11) is 0. The van der Waals surface area contributed by atoms with Crippen molar-refractivity contribution in [2.24, 2.45) is 5.10 Å². The number of phenolic OH excluding ortho intramolecular Hbond substituents is 1. The van der Waals surface area contributed by atoms with Crippen LogP contribution in [0, 0.1) is 0 Å². The molecule has 0 aliphatic carbocycles. The van der Waals surface area contributed by atoms with E-state index in [1.807, 2.05) is 0 Å². The molecule has 138 valence electrons. The van der Waals surface area contributed by atoms with Crippen molar-refractivity contribution in [2.45, 2.75) is 19.9 Å². The first-order chi connectivity index (χ1) is 12.4. The number of hydrogen-bond donors (Lipinski definition) is 2. The molecular weight excluding hydrogens is 382 g/mol. The van der Waals surface area contributed by atoms with Gasteiger partial charge >= 0.3 is 10.8 Å². The first kappa shape index (κ1) is 19.7. The predicted octanol–water partition coefficient (Wildman–Crippen LogP) is 1.52. The van der Waals surface area contributed by atoms with E-state index in [2.05, 4.69) is 10.5 Å². The van der Waals surface area contributed by atoms with Crippen LogP contribution in [-0.2, 0) is 27.3 Å². The van der Waals surface area contributed by atoms with E-state index in [0.717, 1.165) is 15.9 Å². The van der Waals surface area contributed by atoms with Crippen LogP contribution in [0.25, 0.3) is 0 Å². The maximum absolute atomic E-state index is 11.9. The second-order valence-corrected chi connectivity index (χ2v) is 6.40. The molecule has 0 spiro atoms. The third kappa shape index (κ3) is 5.43. The minimum absolute atomic E-state index is 0.0459. The Morgan fingerprint density at radius 3 is 2.73 bits per heavy atom. The van der Waals surface area contributed by atoms with Crippen LogP contribution >= 0.6 is 22.9 Å². The fraction of sp³-hybridized carbons (Fsp3) is 0.250. The maximum atomic E-state index is 11.9. The molecule has 8 nitrogen and oxygen atoms in total. The molecule has 0 saturated heterocycles. The van der Waals surface area contributed by atoms with Crippen LogP contribution in [0.3, 0.4) is 0 Å². The van der Waals surface area contributed by atoms with Gasteiger partial charge in [0.1, 0.15) is 17.4 Å². The molecule has 0 aliphatic rings. The van der Waals surface area contributed by atoms with Gasteiger partial charge in [-0.25, -0.2) is 5.43 Å². The average Bonchev–Trinajstić information content (AvgIpc) is 2.85. The van der Waals surface area contributed by atoms with Crippen molar-refractivity contribution in [1.82, 2.24) is 9.99 Å². The van der Waals surface area contributed by atoms with E-state index >= 15 is 0 Å². The highest BCUT2D eigenvalue weighted by molar-refractivity contribution is 7.11. The number of hydrogen-bond acceptors (Lipinski definition) is 7. The average molecular weight is 398 g/mol. The largest absolute Gasteiger partial charge is 0.508 e. The zero-order valence-electron chi connectivity index (χ0n) is 13.8. The van der Waals surface area contributed by atoms with Crippen molar-refractivity contribution in [3.8, 4) is 5.75 Å². The van der Waals surface area contributed by atoms with Crippen LogP contribution in [0.1, 0.15) is 17.4 Å². The van der Waals surface area contributed by atoms with Crippen LogP contribution in [0.15, 0.2) is 34.2 Å². The molecule has 2 aromatic rings. The van der Waals surface area contributed by atoms with E-state index in [0.29, 0.717) is 10.4 Å². The maximum Gasteiger partial charge on any atom is 0.326 e. The summed E-state index contributed by atoms with van der Waals surface area (Å²) < 4.78 is 5.86. The van der Waals surface area contributed by atoms with Gasteiger partial charge in [-0.15, -0.1) is 0 Å². The smallest absolute Gasteiger partial charge is 0.326 e. The van der Waals surface area contributed by atoms with E-state index in [1.165, 1.54) is 18.3 Å². The number of esters is 1. The number of amides is 1. The number of nitrogens with one attached hydrogen (secondary N) is 1. The van der Waals surface area contributed by atoms with Crippen molar-refractivity contribution in [2.75, 3.05) is 6.61 Å². The summed E-state index contributed by atoms with van der Waals surface area (Å²) in [5.41, 5.74) is 3.03. The fourth-order valence-electron chi connectivity index (χ4n) is 1.96. The standard InChI is InChI=1S/C16H16ClN3O5S/c1-2-25-14(23)9-20-15(17)12(26-16(20)24)8-18-19-13(22)7-10-3-5-11(21)6-4-10/h3-6,8,21H,2,7,9H2,1H3,(H,19,22). The lowest BCUT2D eigenvalue weighted by molar-refractivity contribution is -0.143. The Balaban J connectivity index is 1.97. The molecule has 1 amide bonds. The highest BCUT2D eigenvalue weighted by Gasteiger charge is 2.15. The monoisotopic (exact) mass is 397 g/mol. The second kappa shape index (κ2) is 9.16. The van der Waals surface area contributed by atoms with Gasteiger partial charge in [0, 0.05) is 0 Å². The Morgan fingerprint density at radius 2 is 2.08 bits per heavy atom. The third-order valence-electron chi connectivity index (χ3n) is 3.12. The number of thiazole rings is 1. The van der Waals surface area contributed by atoms with Crippen molar-refractivity contribution in [1.29, 1.82) is 0 Å². The number of aromatic nitrogens is 1. The first-order valence-corrected chi connectivity index (χ1v) is 8.74. The summed E-state index contributed by atoms with van der Waals surface area (Å²) in [6.45, 7) is 1.58. The van der Waals surface area contributed by atoms with Crippen molar-refractivity contribution < 1.29 is 19.4 Å². The molecule has 1 aromatic heterocycles. The van der Waals surface area contributed by atoms with E-state index < -0.39 is 10.8 Å². The normalized spacial score (nSPS) is 10.8. The van der Waals surface area contributed by atoms with E-state index in [9.17, 15) is 19.5 Å². The summed E-state index contributed by atoms with van der Waals surface area (Å²) in [6, 6.07) is 6.21. The zero-order chi connectivity index (χ0) is 19.1. The Kier molecular flexibility index (Phi) is 6.93. The fourth-order valence-corrected chi connectivity index (χ4v) is 3.06. The number of phenols is 1. The van der Waals surface area contributed by atoms with Gasteiger partial charge in [0.05, 0.1) is 24.1 Å². The molecule has 0 bridgehead atoms. The number of hydrazone groups is 1. The molecule has 0 aliphatic heterocycles. The lowest BCUT2D eigenvalue weighted by Gasteiger charge is -2.03. The number of benzene rings is 1. The minimum atomic E-state index is -0.569. The molecule has 2 rings (SSSR count). The lowest BCUT2D eigenvalue weighted by atomic mass is 10.1. The summed E-state index contributed by atoms with van der Waals surface area (Å²) in [5, 5.41) is 13.0. The van der Waals surface area contributed by atoms with Gasteiger partial charge in [-0.05, 0) is 24.6 Å². The molecule has 26 heavy (non-hydrogen) atoms. The quantitative estimate of drug-likeness (QED) is 0.418. The zero-order valence-corrected chi connectivity index (χ0v) is 15.3. The molecule has 0 saturated carbocycles. The van der Waals surface area contributed by atoms with Crippen molar-refractivity contribution in [3.63, 3.8) is 0 Å². The number of aromatic hydroxyl groups is 1. The predicted molar refractivity (Wildman–Crippen MR) is 97.8 cm³/mol. The van der Waals surface area contributed by atoms with E-state index in [4.69, 9.17) is 16.3 Å². The topological polar surface area (TPSA) is 110 Å². The molecule has 0 fully saturated rings. The van der Waals surface area contributed by atoms with Gasteiger partial charge in [0.2, 0.25) is 5.91 Å². The third-order valence-corrected chi connectivity index (χ3v) is 4.56. The Hall–Kier alpha value is -2.65. The van der Waals surface area contributed by atoms with Crippen molar-refractivity contribution >= 4 is 41.0 Å². The molecule has 0 radical (unpaired) electrons. The second-order valence-electron chi connectivity index (χ2n) is 5.05. The van der Waals surface area contributed by atoms with Crippen LogP contribution in [0.5, 0.6) is 5.75 Å². The number of carbonyl (C=O) groups excluding carboxylic acids is 2. The van der Waals surface area contributed by atoms with E-state index in [-0.39, 0.29) is 36.4 Å². The lowest BCUT2D eigenvalue weighted by Crippen LogP contribution is -2.21. The highest BCUT2D eigenvalue weighted by atomic mass is 35.5. The van der Waals surface area contributed by atoms with Gasteiger partial charge in [-0.3, -0.25) is 19.0 Å². The Morgan fingerprint density at radius 1 is 1.38 bits per heavy atom. The number of halogens is 1. The van der Waals surface area contributed by atoms with Crippen LogP contribution < -0.4 is 10.3 Å². The molecule has 2 N–H and O–H groups in total. The van der Waals surface area contributed by atoms with E-state index in [1.54, 1.807) is 19.1 Å². The van der Waals surface area contributed by atoms with Crippen LogP contribution in [0.4, 0.5) is 0 Å². The highest BCUT2D eigenvalue weighted by Crippen LogP contribution is 2.16. The Labute approximate surface area is 157 Å². The number of ether oxygens (including phenoxy) is 1. The van der Waals surface area contributed by atoms with Crippen LogP contribution in [0.2, 0.25) is 5.15 Å². The van der Waals surface area contributed by atoms with Gasteiger partial charge in [-0.2, -0.15) is 5.10 Å².